The number of rotatable bonds is 3. The first-order valence-corrected chi connectivity index (χ1v) is 6.39. The summed E-state index contributed by atoms with van der Waals surface area (Å²) in [6.07, 6.45) is 0. The van der Waals surface area contributed by atoms with E-state index >= 15 is 0 Å². The van der Waals surface area contributed by atoms with Crippen molar-refractivity contribution in [3.63, 3.8) is 0 Å². The highest BCUT2D eigenvalue weighted by Gasteiger charge is 2.11. The predicted molar refractivity (Wildman–Crippen MR) is 76.4 cm³/mol. The van der Waals surface area contributed by atoms with Gasteiger partial charge in [-0.1, -0.05) is 23.2 Å². The van der Waals surface area contributed by atoms with E-state index in [1.807, 2.05) is 0 Å². The molecule has 0 bridgehead atoms. The molecule has 0 heterocycles. The number of carbonyl (C=O) groups excluding carboxylic acids is 1. The molecule has 2 aromatic rings. The van der Waals surface area contributed by atoms with E-state index in [4.69, 9.17) is 33.7 Å². The van der Waals surface area contributed by atoms with Gasteiger partial charge in [-0.2, -0.15) is 0 Å². The summed E-state index contributed by atoms with van der Waals surface area (Å²) >= 11 is 11.8. The molecule has 0 unspecified atom stereocenters. The van der Waals surface area contributed by atoms with Gasteiger partial charge >= 0.3 is 5.97 Å². The molecule has 0 atom stereocenters. The van der Waals surface area contributed by atoms with Gasteiger partial charge in [0.25, 0.3) is 0 Å². The van der Waals surface area contributed by atoms with E-state index < -0.39 is 11.8 Å². The summed E-state index contributed by atoms with van der Waals surface area (Å²) in [5.41, 5.74) is 5.95. The molecule has 2 rings (SSSR count). The standard InChI is InChI=1S/C14H10Cl2FNO2/c15-10-2-3-11(16)9(5-10)7-20-14(19)8-1-4-13(18)12(17)6-8/h1-6H,7,18H2. The van der Waals surface area contributed by atoms with Gasteiger partial charge in [0.1, 0.15) is 12.4 Å². The molecule has 2 aromatic carbocycles. The van der Waals surface area contributed by atoms with E-state index in [1.54, 1.807) is 18.2 Å². The number of halogens is 3. The number of anilines is 1. The van der Waals surface area contributed by atoms with Crippen molar-refractivity contribution in [2.45, 2.75) is 6.61 Å². The topological polar surface area (TPSA) is 52.3 Å². The number of benzene rings is 2. The van der Waals surface area contributed by atoms with Crippen molar-refractivity contribution in [3.8, 4) is 0 Å². The molecule has 6 heteroatoms. The Bertz CT molecular complexity index is 662. The van der Waals surface area contributed by atoms with Crippen molar-refractivity contribution < 1.29 is 13.9 Å². The third kappa shape index (κ3) is 3.40. The lowest BCUT2D eigenvalue weighted by Gasteiger charge is -2.07. The van der Waals surface area contributed by atoms with Gasteiger partial charge in [0.2, 0.25) is 0 Å². The van der Waals surface area contributed by atoms with Crippen LogP contribution < -0.4 is 5.73 Å². The van der Waals surface area contributed by atoms with Crippen molar-refractivity contribution in [2.24, 2.45) is 0 Å². The Hall–Kier alpha value is -1.78. The normalized spacial score (nSPS) is 10.3. The van der Waals surface area contributed by atoms with Gasteiger partial charge in [-0.25, -0.2) is 9.18 Å². The summed E-state index contributed by atoms with van der Waals surface area (Å²) in [6.45, 7) is -0.0514. The van der Waals surface area contributed by atoms with Crippen LogP contribution in [-0.2, 0) is 11.3 Å². The summed E-state index contributed by atoms with van der Waals surface area (Å²) in [5.74, 6) is -1.33. The lowest BCUT2D eigenvalue weighted by Crippen LogP contribution is -2.06. The van der Waals surface area contributed by atoms with Crippen molar-refractivity contribution in [1.82, 2.24) is 0 Å². The second-order valence-electron chi connectivity index (χ2n) is 4.05. The Kier molecular flexibility index (Phi) is 4.47. The molecule has 3 nitrogen and oxygen atoms in total. The molecule has 20 heavy (non-hydrogen) atoms. The third-order valence-corrected chi connectivity index (χ3v) is 3.21. The van der Waals surface area contributed by atoms with Crippen LogP contribution in [-0.4, -0.2) is 5.97 Å². The summed E-state index contributed by atoms with van der Waals surface area (Å²) in [6, 6.07) is 8.55. The molecule has 2 N–H and O–H groups in total. The number of hydrogen-bond donors (Lipinski definition) is 1. The van der Waals surface area contributed by atoms with Gasteiger partial charge in [0.05, 0.1) is 11.3 Å². The van der Waals surface area contributed by atoms with Gasteiger partial charge in [-0.05, 0) is 36.4 Å². The SMILES string of the molecule is Nc1ccc(C(=O)OCc2cc(Cl)ccc2Cl)cc1F. The van der Waals surface area contributed by atoms with E-state index in [0.717, 1.165) is 6.07 Å². The second-order valence-corrected chi connectivity index (χ2v) is 4.89. The molecule has 0 amide bonds. The molecular weight excluding hydrogens is 304 g/mol. The van der Waals surface area contributed by atoms with Crippen molar-refractivity contribution in [3.05, 3.63) is 63.4 Å². The molecule has 104 valence electrons. The van der Waals surface area contributed by atoms with Crippen molar-refractivity contribution in [1.29, 1.82) is 0 Å². The summed E-state index contributed by atoms with van der Waals surface area (Å²) in [4.78, 5) is 11.8. The Morgan fingerprint density at radius 1 is 1.20 bits per heavy atom. The number of carbonyl (C=O) groups is 1. The maximum absolute atomic E-state index is 13.2. The van der Waals surface area contributed by atoms with Gasteiger partial charge in [-0.3, -0.25) is 0 Å². The molecule has 0 fully saturated rings. The smallest absolute Gasteiger partial charge is 0.338 e. The predicted octanol–water partition coefficient (Wildman–Crippen LogP) is 4.07. The zero-order valence-corrected chi connectivity index (χ0v) is 11.7. The Balaban J connectivity index is 2.08. The first kappa shape index (κ1) is 14.6. The average molecular weight is 314 g/mol. The van der Waals surface area contributed by atoms with Crippen LogP contribution in [0.2, 0.25) is 10.0 Å². The number of ether oxygens (including phenoxy) is 1. The molecule has 0 aliphatic rings. The quantitative estimate of drug-likeness (QED) is 0.686. The van der Waals surface area contributed by atoms with Crippen molar-refractivity contribution >= 4 is 34.9 Å². The van der Waals surface area contributed by atoms with Gasteiger partial charge in [0.15, 0.2) is 0 Å². The number of nitrogen functional groups attached to an aromatic ring is 1. The Morgan fingerprint density at radius 2 is 1.95 bits per heavy atom. The number of esters is 1. The molecule has 0 radical (unpaired) electrons. The number of nitrogens with two attached hydrogens (primary N) is 1. The maximum atomic E-state index is 13.2. The largest absolute Gasteiger partial charge is 0.457 e. The summed E-state index contributed by atoms with van der Waals surface area (Å²) in [7, 11) is 0. The minimum absolute atomic E-state index is 0.0283. The lowest BCUT2D eigenvalue weighted by atomic mass is 10.2. The van der Waals surface area contributed by atoms with Crippen LogP contribution in [0.3, 0.4) is 0 Å². The van der Waals surface area contributed by atoms with Crippen LogP contribution in [0.4, 0.5) is 10.1 Å². The molecule has 0 aliphatic carbocycles. The fourth-order valence-electron chi connectivity index (χ4n) is 1.53. The van der Waals surface area contributed by atoms with E-state index in [-0.39, 0.29) is 17.9 Å². The van der Waals surface area contributed by atoms with E-state index in [9.17, 15) is 9.18 Å². The van der Waals surface area contributed by atoms with E-state index in [1.165, 1.54) is 12.1 Å². The highest BCUT2D eigenvalue weighted by Crippen LogP contribution is 2.22. The van der Waals surface area contributed by atoms with Crippen LogP contribution in [0.15, 0.2) is 36.4 Å². The molecular formula is C14H10Cl2FNO2. The molecule has 0 aromatic heterocycles. The Morgan fingerprint density at radius 3 is 2.65 bits per heavy atom. The van der Waals surface area contributed by atoms with E-state index in [2.05, 4.69) is 0 Å². The first-order chi connectivity index (χ1) is 9.47. The number of hydrogen-bond acceptors (Lipinski definition) is 3. The van der Waals surface area contributed by atoms with Crippen LogP contribution in [0.1, 0.15) is 15.9 Å². The van der Waals surface area contributed by atoms with Crippen LogP contribution >= 0.6 is 23.2 Å². The van der Waals surface area contributed by atoms with Crippen LogP contribution in [0.5, 0.6) is 0 Å². The molecule has 0 aliphatic heterocycles. The van der Waals surface area contributed by atoms with Crippen LogP contribution in [0, 0.1) is 5.82 Å². The second kappa shape index (κ2) is 6.11. The zero-order chi connectivity index (χ0) is 14.7. The van der Waals surface area contributed by atoms with Crippen LogP contribution in [0.25, 0.3) is 0 Å². The first-order valence-electron chi connectivity index (χ1n) is 5.63. The van der Waals surface area contributed by atoms with Gasteiger partial charge in [-0.15, -0.1) is 0 Å². The minimum atomic E-state index is -0.667. The fraction of sp³-hybridized carbons (Fsp3) is 0.0714. The maximum Gasteiger partial charge on any atom is 0.338 e. The van der Waals surface area contributed by atoms with Gasteiger partial charge in [0, 0.05) is 15.6 Å². The minimum Gasteiger partial charge on any atom is -0.457 e. The van der Waals surface area contributed by atoms with E-state index in [0.29, 0.717) is 15.6 Å². The van der Waals surface area contributed by atoms with Gasteiger partial charge < -0.3 is 10.5 Å². The Labute approximate surface area is 125 Å². The highest BCUT2D eigenvalue weighted by atomic mass is 35.5. The highest BCUT2D eigenvalue weighted by molar-refractivity contribution is 6.33. The van der Waals surface area contributed by atoms with Crippen molar-refractivity contribution in [2.75, 3.05) is 5.73 Å². The fourth-order valence-corrected chi connectivity index (χ4v) is 1.90. The summed E-state index contributed by atoms with van der Waals surface area (Å²) in [5, 5.41) is 0.921. The summed E-state index contributed by atoms with van der Waals surface area (Å²) < 4.78 is 18.3. The monoisotopic (exact) mass is 313 g/mol. The molecule has 0 saturated carbocycles. The molecule has 0 saturated heterocycles. The molecule has 0 spiro atoms. The average Bonchev–Trinajstić information content (AvgIpc) is 2.42. The lowest BCUT2D eigenvalue weighted by molar-refractivity contribution is 0.0472. The third-order valence-electron chi connectivity index (χ3n) is 2.60. The zero-order valence-electron chi connectivity index (χ0n) is 10.2.